The van der Waals surface area contributed by atoms with Crippen LogP contribution in [0.25, 0.3) is 22.8 Å². The number of carbonyl (C=O) groups is 1. The van der Waals surface area contributed by atoms with Gasteiger partial charge in [-0.15, -0.1) is 0 Å². The van der Waals surface area contributed by atoms with Crippen molar-refractivity contribution < 1.29 is 14.5 Å². The van der Waals surface area contributed by atoms with Gasteiger partial charge in [-0.3, -0.25) is 19.8 Å². The van der Waals surface area contributed by atoms with Gasteiger partial charge in [-0.25, -0.2) is 0 Å². The quantitative estimate of drug-likeness (QED) is 0.302. The van der Waals surface area contributed by atoms with E-state index in [-0.39, 0.29) is 16.5 Å². The lowest BCUT2D eigenvalue weighted by atomic mass is 10.0. The standard InChI is InChI=1S/C28H27N3O4/c1-20(32)30-14-12-29(13-15-30)16-17-35-28-9-5-2-6-21(28)18-26-24-8-4-3-7-23(24)25-11-10-22(31(33)34)19-27(25)26/h2-11,18-19H,12-17H2,1H3/b26-18+. The lowest BCUT2D eigenvalue weighted by Gasteiger charge is -2.34. The van der Waals surface area contributed by atoms with Crippen LogP contribution < -0.4 is 4.74 Å². The van der Waals surface area contributed by atoms with E-state index < -0.39 is 0 Å². The third-order valence-corrected chi connectivity index (χ3v) is 6.71. The van der Waals surface area contributed by atoms with Crippen molar-refractivity contribution in [2.75, 3.05) is 39.3 Å². The molecule has 0 saturated carbocycles. The molecule has 1 aliphatic heterocycles. The largest absolute Gasteiger partial charge is 0.492 e. The van der Waals surface area contributed by atoms with Gasteiger partial charge in [-0.1, -0.05) is 42.5 Å². The van der Waals surface area contributed by atoms with Gasteiger partial charge in [0.25, 0.3) is 5.69 Å². The number of ether oxygens (including phenoxy) is 1. The van der Waals surface area contributed by atoms with E-state index in [2.05, 4.69) is 23.1 Å². The number of benzene rings is 3. The number of fused-ring (bicyclic) bond motifs is 3. The molecule has 3 aromatic rings. The maximum atomic E-state index is 11.5. The van der Waals surface area contributed by atoms with Crippen LogP contribution >= 0.6 is 0 Å². The van der Waals surface area contributed by atoms with Gasteiger partial charge < -0.3 is 9.64 Å². The summed E-state index contributed by atoms with van der Waals surface area (Å²) in [5.74, 6) is 0.905. The fourth-order valence-corrected chi connectivity index (χ4v) is 4.81. The van der Waals surface area contributed by atoms with Gasteiger partial charge in [-0.05, 0) is 46.0 Å². The Hall–Kier alpha value is -3.97. The van der Waals surface area contributed by atoms with Crippen LogP contribution in [0.3, 0.4) is 0 Å². The summed E-state index contributed by atoms with van der Waals surface area (Å²) in [5.41, 5.74) is 5.96. The number of piperazine rings is 1. The maximum absolute atomic E-state index is 11.5. The number of non-ortho nitro benzene ring substituents is 1. The Morgan fingerprint density at radius 1 is 0.943 bits per heavy atom. The molecule has 7 heteroatoms. The number of rotatable bonds is 6. The van der Waals surface area contributed by atoms with Crippen molar-refractivity contribution >= 4 is 23.2 Å². The second-order valence-electron chi connectivity index (χ2n) is 8.82. The molecule has 35 heavy (non-hydrogen) atoms. The number of hydrogen-bond acceptors (Lipinski definition) is 5. The summed E-state index contributed by atoms with van der Waals surface area (Å²) >= 11 is 0. The number of para-hydroxylation sites is 1. The number of amides is 1. The highest BCUT2D eigenvalue weighted by molar-refractivity contribution is 6.07. The number of hydrogen-bond donors (Lipinski definition) is 0. The second kappa shape index (κ2) is 9.72. The summed E-state index contributed by atoms with van der Waals surface area (Å²) in [5, 5.41) is 11.4. The predicted molar refractivity (Wildman–Crippen MR) is 136 cm³/mol. The fraction of sp³-hybridized carbons (Fsp3) is 0.250. The second-order valence-corrected chi connectivity index (χ2v) is 8.82. The third kappa shape index (κ3) is 4.68. The topological polar surface area (TPSA) is 75.9 Å². The van der Waals surface area contributed by atoms with Crippen molar-refractivity contribution in [3.05, 3.63) is 93.5 Å². The molecule has 7 nitrogen and oxygen atoms in total. The zero-order valence-corrected chi connectivity index (χ0v) is 19.6. The lowest BCUT2D eigenvalue weighted by Crippen LogP contribution is -2.48. The Morgan fingerprint density at radius 2 is 1.63 bits per heavy atom. The Morgan fingerprint density at radius 3 is 2.37 bits per heavy atom. The molecule has 0 bridgehead atoms. The lowest BCUT2D eigenvalue weighted by molar-refractivity contribution is -0.384. The Labute approximate surface area is 204 Å². The van der Waals surface area contributed by atoms with Crippen LogP contribution in [-0.2, 0) is 4.79 Å². The molecular formula is C28H27N3O4. The molecule has 0 aromatic heterocycles. The van der Waals surface area contributed by atoms with Crippen molar-refractivity contribution in [2.24, 2.45) is 0 Å². The van der Waals surface area contributed by atoms with Crippen molar-refractivity contribution in [1.29, 1.82) is 0 Å². The highest BCUT2D eigenvalue weighted by atomic mass is 16.6. The molecule has 0 unspecified atom stereocenters. The Bertz CT molecular complexity index is 1310. The first kappa shape index (κ1) is 22.8. The third-order valence-electron chi connectivity index (χ3n) is 6.71. The van der Waals surface area contributed by atoms with Crippen LogP contribution in [0.1, 0.15) is 23.6 Å². The number of carbonyl (C=O) groups excluding carboxylic acids is 1. The molecule has 0 spiro atoms. The zero-order valence-electron chi connectivity index (χ0n) is 19.6. The summed E-state index contributed by atoms with van der Waals surface area (Å²) < 4.78 is 6.19. The molecule has 0 radical (unpaired) electrons. The smallest absolute Gasteiger partial charge is 0.270 e. The van der Waals surface area contributed by atoms with E-state index in [9.17, 15) is 14.9 Å². The van der Waals surface area contributed by atoms with Gasteiger partial charge in [0, 0.05) is 57.3 Å². The van der Waals surface area contributed by atoms with E-state index >= 15 is 0 Å². The molecule has 5 rings (SSSR count). The fourth-order valence-electron chi connectivity index (χ4n) is 4.81. The van der Waals surface area contributed by atoms with Crippen molar-refractivity contribution in [1.82, 2.24) is 9.80 Å². The summed E-state index contributed by atoms with van der Waals surface area (Å²) in [6.07, 6.45) is 2.06. The number of nitro benzene ring substituents is 1. The van der Waals surface area contributed by atoms with Gasteiger partial charge in [-0.2, -0.15) is 0 Å². The highest BCUT2D eigenvalue weighted by Crippen LogP contribution is 2.46. The number of nitrogens with zero attached hydrogens (tertiary/aromatic N) is 3. The van der Waals surface area contributed by atoms with Crippen molar-refractivity contribution in [2.45, 2.75) is 6.92 Å². The van der Waals surface area contributed by atoms with Crippen LogP contribution in [0.2, 0.25) is 0 Å². The normalized spacial score (nSPS) is 16.1. The minimum atomic E-state index is -0.353. The predicted octanol–water partition coefficient (Wildman–Crippen LogP) is 4.71. The molecule has 1 amide bonds. The summed E-state index contributed by atoms with van der Waals surface area (Å²) in [4.78, 5) is 26.8. The SMILES string of the molecule is CC(=O)N1CCN(CCOc2ccccc2/C=C2\c3ccccc3-c3ccc([N+](=O)[O-])cc32)CC1. The molecule has 0 N–H and O–H groups in total. The van der Waals surface area contributed by atoms with Crippen LogP contribution in [0, 0.1) is 10.1 Å². The Kier molecular flexibility index (Phi) is 6.33. The number of nitro groups is 1. The van der Waals surface area contributed by atoms with Crippen molar-refractivity contribution in [3.63, 3.8) is 0 Å². The van der Waals surface area contributed by atoms with E-state index in [4.69, 9.17) is 4.74 Å². The minimum Gasteiger partial charge on any atom is -0.492 e. The summed E-state index contributed by atoms with van der Waals surface area (Å²) in [6.45, 7) is 6.14. The van der Waals surface area contributed by atoms with Gasteiger partial charge in [0.1, 0.15) is 12.4 Å². The minimum absolute atomic E-state index is 0.0804. The summed E-state index contributed by atoms with van der Waals surface area (Å²) in [6, 6.07) is 21.0. The first-order chi connectivity index (χ1) is 17.0. The van der Waals surface area contributed by atoms with E-state index in [1.807, 2.05) is 47.4 Å². The average Bonchev–Trinajstić information content (AvgIpc) is 3.18. The zero-order chi connectivity index (χ0) is 24.4. The van der Waals surface area contributed by atoms with E-state index in [0.717, 1.165) is 71.9 Å². The maximum Gasteiger partial charge on any atom is 0.270 e. The van der Waals surface area contributed by atoms with Gasteiger partial charge in [0.2, 0.25) is 5.91 Å². The van der Waals surface area contributed by atoms with Crippen LogP contribution in [0.5, 0.6) is 5.75 Å². The molecule has 1 fully saturated rings. The molecule has 2 aliphatic rings. The Balaban J connectivity index is 1.38. The van der Waals surface area contributed by atoms with Crippen molar-refractivity contribution in [3.8, 4) is 16.9 Å². The average molecular weight is 470 g/mol. The monoisotopic (exact) mass is 469 g/mol. The van der Waals surface area contributed by atoms with Gasteiger partial charge >= 0.3 is 0 Å². The molecule has 0 atom stereocenters. The molecule has 3 aromatic carbocycles. The highest BCUT2D eigenvalue weighted by Gasteiger charge is 2.25. The van der Waals surface area contributed by atoms with E-state index in [1.54, 1.807) is 19.1 Å². The molecule has 178 valence electrons. The van der Waals surface area contributed by atoms with Gasteiger partial charge in [0.05, 0.1) is 4.92 Å². The molecule has 1 saturated heterocycles. The van der Waals surface area contributed by atoms with Gasteiger partial charge in [0.15, 0.2) is 0 Å². The van der Waals surface area contributed by atoms with Crippen LogP contribution in [-0.4, -0.2) is 60.0 Å². The van der Waals surface area contributed by atoms with E-state index in [1.165, 1.54) is 0 Å². The van der Waals surface area contributed by atoms with E-state index in [0.29, 0.717) is 6.61 Å². The first-order valence-corrected chi connectivity index (χ1v) is 11.8. The molecular weight excluding hydrogens is 442 g/mol. The molecule has 1 aliphatic carbocycles. The molecule has 1 heterocycles. The first-order valence-electron chi connectivity index (χ1n) is 11.8. The summed E-state index contributed by atoms with van der Waals surface area (Å²) in [7, 11) is 0. The van der Waals surface area contributed by atoms with Crippen LogP contribution in [0.4, 0.5) is 5.69 Å². The van der Waals surface area contributed by atoms with Crippen LogP contribution in [0.15, 0.2) is 66.7 Å².